The molecule has 0 saturated carbocycles. The van der Waals surface area contributed by atoms with E-state index in [0.717, 1.165) is 47.9 Å². The fraction of sp³-hybridized carbons (Fsp3) is 0.600. The Hall–Kier alpha value is -6.26. The molecule has 0 bridgehead atoms. The summed E-state index contributed by atoms with van der Waals surface area (Å²) >= 11 is 0. The molecule has 0 aromatic heterocycles. The van der Waals surface area contributed by atoms with Gasteiger partial charge in [-0.05, 0) is 59.3 Å². The van der Waals surface area contributed by atoms with Crippen LogP contribution in [0.2, 0.25) is 0 Å². The number of alkyl carbamates (subject to hydrolysis) is 1. The Labute approximate surface area is 425 Å². The van der Waals surface area contributed by atoms with Gasteiger partial charge in [0.05, 0.1) is 19.3 Å². The van der Waals surface area contributed by atoms with Crippen LogP contribution in [0.5, 0.6) is 0 Å². The second-order valence-electron chi connectivity index (χ2n) is 19.7. The summed E-state index contributed by atoms with van der Waals surface area (Å²) in [5.74, 6) is -7.51. The molecule has 2 aromatic rings. The number of esters is 1. The normalized spacial score (nSPS) is 14.5. The first kappa shape index (κ1) is 60.0. The Morgan fingerprint density at radius 3 is 1.76 bits per heavy atom. The Morgan fingerprint density at radius 1 is 0.639 bits per heavy atom. The highest BCUT2D eigenvalue weighted by Crippen LogP contribution is 2.44. The summed E-state index contributed by atoms with van der Waals surface area (Å²) in [6, 6.07) is 10.3. The molecular formula is C55H81N5O12. The monoisotopic (exact) mass is 1000 g/mol. The van der Waals surface area contributed by atoms with Crippen LogP contribution in [0.4, 0.5) is 4.79 Å². The maximum Gasteiger partial charge on any atom is 0.407 e. The summed E-state index contributed by atoms with van der Waals surface area (Å²) in [4.78, 5) is 105. The predicted molar refractivity (Wildman–Crippen MR) is 275 cm³/mol. The topological polar surface area (TPSA) is 256 Å². The number of amides is 5. The SMILES string of the molecule is CCCCCCCCCCCC(CC(=O)NC/C=C/CC(=O)O)OC(=O)[C@@H](NC(=O)[C@@H](CC(C)C)NC(=O)[C@H](CC(=O)O)NC(=O)[C@@H](NC(=O)OCC1c2ccccc2-c2ccccc21)C(C)C)[C@@H](C)CC. The van der Waals surface area contributed by atoms with Crippen molar-refractivity contribution in [1.29, 1.82) is 0 Å². The van der Waals surface area contributed by atoms with Crippen molar-refractivity contribution in [2.45, 2.75) is 181 Å². The molecule has 0 fully saturated rings. The molecular weight excluding hydrogens is 923 g/mol. The maximum absolute atomic E-state index is 14.2. The molecule has 0 saturated heterocycles. The van der Waals surface area contributed by atoms with Crippen molar-refractivity contribution in [2.24, 2.45) is 17.8 Å². The lowest BCUT2D eigenvalue weighted by Crippen LogP contribution is -2.59. The summed E-state index contributed by atoms with van der Waals surface area (Å²) in [6.45, 7) is 12.8. The minimum absolute atomic E-state index is 0.0147. The number of aliphatic carboxylic acids is 2. The van der Waals surface area contributed by atoms with Gasteiger partial charge in [0.2, 0.25) is 23.6 Å². The Bertz CT molecular complexity index is 2080. The van der Waals surface area contributed by atoms with Crippen LogP contribution in [0.1, 0.15) is 162 Å². The first-order valence-corrected chi connectivity index (χ1v) is 25.9. The van der Waals surface area contributed by atoms with E-state index in [4.69, 9.17) is 14.6 Å². The number of benzene rings is 2. The molecule has 5 amide bonds. The van der Waals surface area contributed by atoms with Gasteiger partial charge in [0.25, 0.3) is 0 Å². The van der Waals surface area contributed by atoms with Gasteiger partial charge in [0.15, 0.2) is 0 Å². The van der Waals surface area contributed by atoms with Crippen LogP contribution in [-0.4, -0.2) is 101 Å². The first-order chi connectivity index (χ1) is 34.4. The number of fused-ring (bicyclic) bond motifs is 3. The second-order valence-corrected chi connectivity index (χ2v) is 19.7. The van der Waals surface area contributed by atoms with E-state index in [0.29, 0.717) is 19.3 Å². The quantitative estimate of drug-likeness (QED) is 0.0200. The van der Waals surface area contributed by atoms with Crippen molar-refractivity contribution in [1.82, 2.24) is 26.6 Å². The third-order valence-electron chi connectivity index (χ3n) is 12.9. The van der Waals surface area contributed by atoms with Gasteiger partial charge in [-0.2, -0.15) is 0 Å². The van der Waals surface area contributed by atoms with Gasteiger partial charge in [0.1, 0.15) is 36.9 Å². The lowest BCUT2D eigenvalue weighted by molar-refractivity contribution is -0.156. The molecule has 1 aliphatic rings. The number of carboxylic acids is 2. The van der Waals surface area contributed by atoms with Crippen molar-refractivity contribution >= 4 is 47.6 Å². The molecule has 17 heteroatoms. The van der Waals surface area contributed by atoms with Crippen molar-refractivity contribution in [3.63, 3.8) is 0 Å². The number of carbonyl (C=O) groups is 8. The number of unbranched alkanes of at least 4 members (excludes halogenated alkanes) is 8. The lowest BCUT2D eigenvalue weighted by Gasteiger charge is -2.29. The van der Waals surface area contributed by atoms with E-state index < -0.39 is 96.2 Å². The molecule has 1 unspecified atom stereocenters. The molecule has 2 aromatic carbocycles. The Kier molecular flexibility index (Phi) is 26.6. The fourth-order valence-electron chi connectivity index (χ4n) is 8.69. The summed E-state index contributed by atoms with van der Waals surface area (Å²) in [5.41, 5.74) is 4.08. The molecule has 0 radical (unpaired) electrons. The van der Waals surface area contributed by atoms with Crippen molar-refractivity contribution in [3.05, 3.63) is 71.8 Å². The van der Waals surface area contributed by atoms with Crippen LogP contribution in [0.25, 0.3) is 11.1 Å². The number of carboxylic acid groups (broad SMARTS) is 2. The molecule has 72 heavy (non-hydrogen) atoms. The van der Waals surface area contributed by atoms with Crippen LogP contribution in [0.3, 0.4) is 0 Å². The highest BCUT2D eigenvalue weighted by molar-refractivity contribution is 5.96. The number of carbonyl (C=O) groups excluding carboxylic acids is 6. The molecule has 0 spiro atoms. The third kappa shape index (κ3) is 20.8. The zero-order valence-corrected chi connectivity index (χ0v) is 43.5. The summed E-state index contributed by atoms with van der Waals surface area (Å²) < 4.78 is 11.7. The largest absolute Gasteiger partial charge is 0.481 e. The number of rotatable bonds is 34. The molecule has 0 aliphatic heterocycles. The van der Waals surface area contributed by atoms with Gasteiger partial charge in [-0.1, -0.05) is 167 Å². The Balaban J connectivity index is 1.72. The summed E-state index contributed by atoms with van der Waals surface area (Å²) in [6.07, 6.45) is 10.5. The molecule has 17 nitrogen and oxygen atoms in total. The zero-order chi connectivity index (χ0) is 53.2. The fourth-order valence-corrected chi connectivity index (χ4v) is 8.69. The second kappa shape index (κ2) is 31.9. The molecule has 398 valence electrons. The van der Waals surface area contributed by atoms with E-state index in [1.54, 1.807) is 20.8 Å². The average molecular weight is 1000 g/mol. The van der Waals surface area contributed by atoms with E-state index in [1.165, 1.54) is 37.8 Å². The van der Waals surface area contributed by atoms with Gasteiger partial charge in [-0.3, -0.25) is 28.8 Å². The van der Waals surface area contributed by atoms with E-state index in [2.05, 4.69) is 33.5 Å². The van der Waals surface area contributed by atoms with Crippen LogP contribution >= 0.6 is 0 Å². The number of nitrogens with one attached hydrogen (secondary N) is 5. The van der Waals surface area contributed by atoms with E-state index in [-0.39, 0.29) is 44.2 Å². The first-order valence-electron chi connectivity index (χ1n) is 25.9. The minimum atomic E-state index is -1.67. The van der Waals surface area contributed by atoms with E-state index in [9.17, 15) is 43.5 Å². The summed E-state index contributed by atoms with van der Waals surface area (Å²) in [7, 11) is 0. The maximum atomic E-state index is 14.2. The van der Waals surface area contributed by atoms with Crippen LogP contribution in [0, 0.1) is 17.8 Å². The number of hydrogen-bond donors (Lipinski definition) is 7. The highest BCUT2D eigenvalue weighted by Gasteiger charge is 2.36. The Morgan fingerprint density at radius 2 is 1.21 bits per heavy atom. The number of ether oxygens (including phenoxy) is 2. The third-order valence-corrected chi connectivity index (χ3v) is 12.9. The predicted octanol–water partition coefficient (Wildman–Crippen LogP) is 7.94. The van der Waals surface area contributed by atoms with Crippen LogP contribution in [0.15, 0.2) is 60.7 Å². The standard InChI is InChI=1S/C55H81N5O12/c1-8-10-11-12-13-14-15-16-17-24-38(32-46(61)56-30-23-22-29-47(62)63)72-54(69)50(37(7)9-2)59-52(67)44(31-35(3)4)57-51(66)45(33-48(64)65)58-53(68)49(36(5)6)60-55(70)71-34-43-41-27-20-18-25-39(41)40-26-19-21-28-42(40)43/h18-23,25-28,35-38,43-45,49-50H,8-17,24,29-34H2,1-7H3,(H,56,61)(H,57,66)(H,58,68)(H,59,67)(H,60,70)(H,62,63)(H,64,65)/b23-22+/t37-,38?,44+,45-,49-,50-/m0/s1. The zero-order valence-electron chi connectivity index (χ0n) is 43.5. The lowest BCUT2D eigenvalue weighted by atomic mass is 9.97. The van der Waals surface area contributed by atoms with Gasteiger partial charge in [-0.25, -0.2) is 9.59 Å². The number of hydrogen-bond acceptors (Lipinski definition) is 10. The van der Waals surface area contributed by atoms with E-state index >= 15 is 0 Å². The smallest absolute Gasteiger partial charge is 0.407 e. The summed E-state index contributed by atoms with van der Waals surface area (Å²) in [5, 5.41) is 31.9. The van der Waals surface area contributed by atoms with Crippen molar-refractivity contribution < 1.29 is 58.0 Å². The van der Waals surface area contributed by atoms with Crippen LogP contribution < -0.4 is 26.6 Å². The molecule has 1 aliphatic carbocycles. The van der Waals surface area contributed by atoms with Gasteiger partial charge >= 0.3 is 24.0 Å². The minimum Gasteiger partial charge on any atom is -0.481 e. The van der Waals surface area contributed by atoms with Crippen LogP contribution in [-0.2, 0) is 43.0 Å². The van der Waals surface area contributed by atoms with Crippen molar-refractivity contribution in [2.75, 3.05) is 13.2 Å². The molecule has 0 heterocycles. The molecule has 3 rings (SSSR count). The van der Waals surface area contributed by atoms with Crippen molar-refractivity contribution in [3.8, 4) is 11.1 Å². The average Bonchev–Trinajstić information content (AvgIpc) is 3.65. The highest BCUT2D eigenvalue weighted by atomic mass is 16.6. The van der Waals surface area contributed by atoms with Gasteiger partial charge in [-0.15, -0.1) is 0 Å². The van der Waals surface area contributed by atoms with Gasteiger partial charge in [0, 0.05) is 12.5 Å². The molecule has 6 atom stereocenters. The van der Waals surface area contributed by atoms with E-state index in [1.807, 2.05) is 69.3 Å². The molecule has 7 N–H and O–H groups in total. The van der Waals surface area contributed by atoms with Gasteiger partial charge < -0.3 is 46.3 Å².